The normalized spacial score (nSPS) is 19.5. The van der Waals surface area contributed by atoms with Crippen LogP contribution in [0.1, 0.15) is 48.0 Å². The topological polar surface area (TPSA) is 46.2 Å². The molecule has 0 spiro atoms. The van der Waals surface area contributed by atoms with Gasteiger partial charge in [0.25, 0.3) is 0 Å². The Labute approximate surface area is 209 Å². The summed E-state index contributed by atoms with van der Waals surface area (Å²) in [5.74, 6) is -5.28. The third-order valence-corrected chi connectivity index (χ3v) is 7.06. The zero-order valence-electron chi connectivity index (χ0n) is 16.7. The molecule has 1 aliphatic carbocycles. The van der Waals surface area contributed by atoms with Crippen molar-refractivity contribution in [2.75, 3.05) is 5.32 Å². The maximum atomic E-state index is 13.5. The standard InChI is InChI=1S/C22H18Cl5F2NO2/c1-2-21(28,29)6-5-17(31)15-10-14(3-4-16(15)25)30-20(32)19-18(22(19,26)27)11-7-12(23)9-13(24)8-11/h3-4,7-10,18-19H,2,5-6H2,1H3,(H,30,32). The van der Waals surface area contributed by atoms with Crippen molar-refractivity contribution in [2.24, 2.45) is 5.92 Å². The number of rotatable bonds is 8. The van der Waals surface area contributed by atoms with Crippen LogP contribution in [0, 0.1) is 5.92 Å². The Hall–Kier alpha value is -1.11. The smallest absolute Gasteiger partial charge is 0.248 e. The largest absolute Gasteiger partial charge is 0.326 e. The van der Waals surface area contributed by atoms with Gasteiger partial charge >= 0.3 is 0 Å². The van der Waals surface area contributed by atoms with Gasteiger partial charge in [0.15, 0.2) is 5.78 Å². The van der Waals surface area contributed by atoms with Gasteiger partial charge in [-0.05, 0) is 42.0 Å². The maximum absolute atomic E-state index is 13.5. The predicted molar refractivity (Wildman–Crippen MR) is 126 cm³/mol. The van der Waals surface area contributed by atoms with Crippen molar-refractivity contribution in [3.63, 3.8) is 0 Å². The minimum absolute atomic E-state index is 0.0494. The molecule has 0 saturated heterocycles. The lowest BCUT2D eigenvalue weighted by Gasteiger charge is -2.14. The molecule has 0 aliphatic heterocycles. The third kappa shape index (κ3) is 5.68. The molecule has 32 heavy (non-hydrogen) atoms. The number of nitrogens with one attached hydrogen (secondary N) is 1. The molecule has 3 rings (SSSR count). The molecule has 2 aromatic rings. The Kier molecular flexibility index (Phi) is 7.68. The highest BCUT2D eigenvalue weighted by molar-refractivity contribution is 6.53. The zero-order chi connectivity index (χ0) is 23.8. The highest BCUT2D eigenvalue weighted by Gasteiger charge is 2.67. The van der Waals surface area contributed by atoms with Gasteiger partial charge in [-0.15, -0.1) is 23.2 Å². The van der Waals surface area contributed by atoms with Crippen molar-refractivity contribution in [1.29, 1.82) is 0 Å². The monoisotopic (exact) mass is 541 g/mol. The van der Waals surface area contributed by atoms with Gasteiger partial charge in [0.1, 0.15) is 4.33 Å². The second-order valence-corrected chi connectivity index (χ2v) is 10.4. The van der Waals surface area contributed by atoms with Crippen molar-refractivity contribution in [3.05, 3.63) is 62.6 Å². The summed E-state index contributed by atoms with van der Waals surface area (Å²) < 4.78 is 25.6. The molecule has 0 aromatic heterocycles. The van der Waals surface area contributed by atoms with Crippen molar-refractivity contribution >= 4 is 75.4 Å². The lowest BCUT2D eigenvalue weighted by atomic mass is 10.0. The van der Waals surface area contributed by atoms with Crippen molar-refractivity contribution < 1.29 is 18.4 Å². The summed E-state index contributed by atoms with van der Waals surface area (Å²) in [4.78, 5) is 25.3. The fourth-order valence-corrected chi connectivity index (χ4v) is 5.06. The SMILES string of the molecule is CCC(F)(F)CCC(=O)c1cc(NC(=O)C2C(c3cc(Cl)cc(Cl)c3)C2(Cl)Cl)ccc1Cl. The molecule has 0 radical (unpaired) electrons. The maximum Gasteiger partial charge on any atom is 0.248 e. The molecule has 0 heterocycles. The van der Waals surface area contributed by atoms with Crippen LogP contribution in [0.2, 0.25) is 15.1 Å². The van der Waals surface area contributed by atoms with E-state index in [1.165, 1.54) is 25.1 Å². The molecule has 3 nitrogen and oxygen atoms in total. The summed E-state index contributed by atoms with van der Waals surface area (Å²) in [7, 11) is 0. The number of hydrogen-bond acceptors (Lipinski definition) is 2. The number of carbonyl (C=O) groups is 2. The van der Waals surface area contributed by atoms with E-state index in [-0.39, 0.29) is 29.1 Å². The van der Waals surface area contributed by atoms with Gasteiger partial charge in [0.2, 0.25) is 11.8 Å². The van der Waals surface area contributed by atoms with Gasteiger partial charge in [-0.1, -0.05) is 41.7 Å². The van der Waals surface area contributed by atoms with Crippen molar-refractivity contribution in [1.82, 2.24) is 0 Å². The highest BCUT2D eigenvalue weighted by Crippen LogP contribution is 2.65. The van der Waals surface area contributed by atoms with Gasteiger partial charge in [0, 0.05) is 46.5 Å². The fourth-order valence-electron chi connectivity index (χ4n) is 3.47. The third-order valence-electron chi connectivity index (χ3n) is 5.35. The van der Waals surface area contributed by atoms with E-state index in [4.69, 9.17) is 58.0 Å². The summed E-state index contributed by atoms with van der Waals surface area (Å²) in [6.45, 7) is 1.35. The molecule has 1 saturated carbocycles. The summed E-state index contributed by atoms with van der Waals surface area (Å²) in [5.41, 5.74) is 0.939. The summed E-state index contributed by atoms with van der Waals surface area (Å²) in [5, 5.41) is 3.54. The molecule has 2 atom stereocenters. The molecule has 1 amide bonds. The van der Waals surface area contributed by atoms with E-state index in [0.29, 0.717) is 15.6 Å². The first-order valence-electron chi connectivity index (χ1n) is 9.71. The van der Waals surface area contributed by atoms with Crippen LogP contribution in [0.15, 0.2) is 36.4 Å². The number of ketones is 1. The number of carbonyl (C=O) groups excluding carboxylic acids is 2. The Morgan fingerprint density at radius 1 is 1.06 bits per heavy atom. The first kappa shape index (κ1) is 25.5. The second kappa shape index (κ2) is 9.63. The van der Waals surface area contributed by atoms with Gasteiger partial charge in [-0.25, -0.2) is 8.78 Å². The van der Waals surface area contributed by atoms with Crippen LogP contribution in [0.3, 0.4) is 0 Å². The number of alkyl halides is 4. The minimum Gasteiger partial charge on any atom is -0.326 e. The second-order valence-electron chi connectivity index (χ2n) is 7.65. The quantitative estimate of drug-likeness (QED) is 0.270. The Balaban J connectivity index is 1.74. The first-order chi connectivity index (χ1) is 14.9. The number of amides is 1. The predicted octanol–water partition coefficient (Wildman–Crippen LogP) is 8.18. The van der Waals surface area contributed by atoms with Crippen LogP contribution in [-0.2, 0) is 4.79 Å². The highest BCUT2D eigenvalue weighted by atomic mass is 35.5. The lowest BCUT2D eigenvalue weighted by molar-refractivity contribution is -0.117. The van der Waals surface area contributed by atoms with E-state index in [0.717, 1.165) is 0 Å². The average molecular weight is 544 g/mol. The molecular formula is C22H18Cl5F2NO2. The number of Topliss-reactive ketones (excluding diaryl/α,β-unsaturated/α-hetero) is 1. The number of hydrogen-bond donors (Lipinski definition) is 1. The molecular weight excluding hydrogens is 526 g/mol. The molecule has 10 heteroatoms. The van der Waals surface area contributed by atoms with E-state index in [1.54, 1.807) is 18.2 Å². The summed E-state index contributed by atoms with van der Waals surface area (Å²) in [6, 6.07) is 9.08. The summed E-state index contributed by atoms with van der Waals surface area (Å²) in [6.07, 6.45) is -1.31. The van der Waals surface area contributed by atoms with E-state index >= 15 is 0 Å². The van der Waals surface area contributed by atoms with Crippen LogP contribution < -0.4 is 5.32 Å². The van der Waals surface area contributed by atoms with Crippen LogP contribution >= 0.6 is 58.0 Å². The van der Waals surface area contributed by atoms with Gasteiger partial charge < -0.3 is 5.32 Å². The molecule has 2 aromatic carbocycles. The van der Waals surface area contributed by atoms with Crippen molar-refractivity contribution in [3.8, 4) is 0 Å². The van der Waals surface area contributed by atoms with Crippen molar-refractivity contribution in [2.45, 2.75) is 42.4 Å². The van der Waals surface area contributed by atoms with Crippen LogP contribution in [-0.4, -0.2) is 21.9 Å². The Morgan fingerprint density at radius 2 is 1.69 bits per heavy atom. The Bertz CT molecular complexity index is 1040. The Morgan fingerprint density at radius 3 is 2.28 bits per heavy atom. The van der Waals surface area contributed by atoms with Gasteiger partial charge in [-0.2, -0.15) is 0 Å². The number of anilines is 1. The number of benzene rings is 2. The fraction of sp³-hybridized carbons (Fsp3) is 0.364. The molecule has 172 valence electrons. The number of halogens is 7. The molecule has 2 unspecified atom stereocenters. The van der Waals surface area contributed by atoms with Gasteiger partial charge in [0.05, 0.1) is 10.9 Å². The van der Waals surface area contributed by atoms with Gasteiger partial charge in [-0.3, -0.25) is 9.59 Å². The van der Waals surface area contributed by atoms with Crippen LogP contribution in [0.4, 0.5) is 14.5 Å². The minimum atomic E-state index is -2.93. The van der Waals surface area contributed by atoms with E-state index in [9.17, 15) is 18.4 Å². The van der Waals surface area contributed by atoms with E-state index in [1.807, 2.05) is 0 Å². The lowest BCUT2D eigenvalue weighted by Crippen LogP contribution is -2.18. The average Bonchev–Trinajstić information content (AvgIpc) is 3.29. The molecule has 0 bridgehead atoms. The van der Waals surface area contributed by atoms with Crippen LogP contribution in [0.25, 0.3) is 0 Å². The zero-order valence-corrected chi connectivity index (χ0v) is 20.5. The molecule has 1 fully saturated rings. The molecule has 1 aliphatic rings. The van der Waals surface area contributed by atoms with Crippen LogP contribution in [0.5, 0.6) is 0 Å². The van der Waals surface area contributed by atoms with E-state index in [2.05, 4.69) is 5.32 Å². The van der Waals surface area contributed by atoms with E-state index < -0.39 is 40.2 Å². The summed E-state index contributed by atoms with van der Waals surface area (Å²) >= 11 is 30.8. The first-order valence-corrected chi connectivity index (χ1v) is 11.6. The molecule has 1 N–H and O–H groups in total.